The topological polar surface area (TPSA) is 45.8 Å². The van der Waals surface area contributed by atoms with Crippen molar-refractivity contribution in [1.29, 1.82) is 0 Å². The number of hydrogen-bond donors (Lipinski definition) is 1. The molecule has 0 amide bonds. The van der Waals surface area contributed by atoms with Crippen molar-refractivity contribution < 1.29 is 4.39 Å². The summed E-state index contributed by atoms with van der Waals surface area (Å²) in [6.45, 7) is 1.34. The number of aromatic nitrogens is 2. The summed E-state index contributed by atoms with van der Waals surface area (Å²) in [5, 5.41) is 0. The molecular weight excluding hydrogens is 135 g/mol. The fourth-order valence-corrected chi connectivity index (χ4v) is 0.601. The van der Waals surface area contributed by atoms with Crippen LogP contribution >= 0.6 is 0 Å². The van der Waals surface area contributed by atoms with Crippen molar-refractivity contribution >= 4 is 0 Å². The van der Waals surface area contributed by atoms with Crippen LogP contribution in [-0.2, 0) is 0 Å². The molecule has 0 aliphatic heterocycles. The van der Waals surface area contributed by atoms with Gasteiger partial charge in [-0.05, 0) is 6.92 Å². The average Bonchev–Trinajstić information content (AvgIpc) is 1.88. The Hall–Kier alpha value is -1.19. The second-order valence-corrected chi connectivity index (χ2v) is 1.95. The van der Waals surface area contributed by atoms with Gasteiger partial charge in [0.05, 0.1) is 12.0 Å². The zero-order valence-corrected chi connectivity index (χ0v) is 5.47. The van der Waals surface area contributed by atoms with Crippen molar-refractivity contribution in [2.45, 2.75) is 13.1 Å². The Balaban J connectivity index is 3.07. The maximum atomic E-state index is 12.4. The predicted molar refractivity (Wildman–Crippen MR) is 34.4 cm³/mol. The van der Waals surface area contributed by atoms with Crippen molar-refractivity contribution in [2.24, 2.45) is 0 Å². The van der Waals surface area contributed by atoms with Gasteiger partial charge in [-0.15, -0.1) is 0 Å². The third kappa shape index (κ3) is 1.40. The Kier molecular flexibility index (Phi) is 1.80. The molecule has 0 bridgehead atoms. The second-order valence-electron chi connectivity index (χ2n) is 1.95. The summed E-state index contributed by atoms with van der Waals surface area (Å²) >= 11 is 0. The first-order chi connectivity index (χ1) is 4.70. The highest BCUT2D eigenvalue weighted by Crippen LogP contribution is 2.09. The van der Waals surface area contributed by atoms with Gasteiger partial charge in [0.15, 0.2) is 0 Å². The zero-order chi connectivity index (χ0) is 7.56. The standard InChI is InChI=1S/C6H7FN2O/c1-4(7)5-2-6(10)9-3-8-5/h2-4H,1H3,(H,8,9,10)/t4-/m1/s1. The van der Waals surface area contributed by atoms with Crippen LogP contribution in [0.15, 0.2) is 17.2 Å². The minimum absolute atomic E-state index is 0.170. The molecule has 10 heavy (non-hydrogen) atoms. The Morgan fingerprint density at radius 1 is 1.80 bits per heavy atom. The van der Waals surface area contributed by atoms with Crippen LogP contribution in [0.4, 0.5) is 4.39 Å². The van der Waals surface area contributed by atoms with E-state index in [2.05, 4.69) is 9.97 Å². The summed E-state index contributed by atoms with van der Waals surface area (Å²) in [7, 11) is 0. The molecule has 1 N–H and O–H groups in total. The summed E-state index contributed by atoms with van der Waals surface area (Å²) in [4.78, 5) is 16.4. The molecule has 1 atom stereocenters. The molecule has 4 heteroatoms. The van der Waals surface area contributed by atoms with Gasteiger partial charge in [0, 0.05) is 6.07 Å². The molecule has 1 aromatic heterocycles. The molecule has 0 radical (unpaired) electrons. The minimum Gasteiger partial charge on any atom is -0.313 e. The average molecular weight is 142 g/mol. The smallest absolute Gasteiger partial charge is 0.251 e. The molecular formula is C6H7FN2O. The fourth-order valence-electron chi connectivity index (χ4n) is 0.601. The molecule has 3 nitrogen and oxygen atoms in total. The Morgan fingerprint density at radius 3 is 2.90 bits per heavy atom. The number of hydrogen-bond acceptors (Lipinski definition) is 2. The number of nitrogens with zero attached hydrogens (tertiary/aromatic N) is 1. The van der Waals surface area contributed by atoms with Crippen LogP contribution in [0.3, 0.4) is 0 Å². The molecule has 54 valence electrons. The lowest BCUT2D eigenvalue weighted by molar-refractivity contribution is 0.365. The van der Waals surface area contributed by atoms with Gasteiger partial charge in [-0.3, -0.25) is 4.79 Å². The lowest BCUT2D eigenvalue weighted by Gasteiger charge is -1.96. The number of rotatable bonds is 1. The number of halogens is 1. The molecule has 0 aliphatic rings. The van der Waals surface area contributed by atoms with Gasteiger partial charge in [-0.25, -0.2) is 9.37 Å². The first-order valence-electron chi connectivity index (χ1n) is 2.89. The normalized spacial score (nSPS) is 13.0. The first-order valence-corrected chi connectivity index (χ1v) is 2.89. The lowest BCUT2D eigenvalue weighted by atomic mass is 10.3. The van der Waals surface area contributed by atoms with Crippen molar-refractivity contribution in [3.8, 4) is 0 Å². The molecule has 0 aliphatic carbocycles. The fraction of sp³-hybridized carbons (Fsp3) is 0.333. The van der Waals surface area contributed by atoms with Crippen molar-refractivity contribution in [1.82, 2.24) is 9.97 Å². The molecule has 0 spiro atoms. The maximum Gasteiger partial charge on any atom is 0.251 e. The molecule has 0 saturated carbocycles. The van der Waals surface area contributed by atoms with E-state index < -0.39 is 6.17 Å². The van der Waals surface area contributed by atoms with Gasteiger partial charge >= 0.3 is 0 Å². The predicted octanol–water partition coefficient (Wildman–Crippen LogP) is 0.800. The number of alkyl halides is 1. The van der Waals surface area contributed by atoms with Crippen LogP contribution in [0.2, 0.25) is 0 Å². The summed E-state index contributed by atoms with van der Waals surface area (Å²) in [6.07, 6.45) is 0.00981. The highest BCUT2D eigenvalue weighted by atomic mass is 19.1. The second kappa shape index (κ2) is 2.60. The largest absolute Gasteiger partial charge is 0.313 e. The van der Waals surface area contributed by atoms with E-state index in [9.17, 15) is 9.18 Å². The van der Waals surface area contributed by atoms with Crippen LogP contribution in [0, 0.1) is 0 Å². The molecule has 0 unspecified atom stereocenters. The van der Waals surface area contributed by atoms with Crippen LogP contribution < -0.4 is 5.56 Å². The van der Waals surface area contributed by atoms with Gasteiger partial charge in [0.2, 0.25) is 0 Å². The minimum atomic E-state index is -1.18. The highest BCUT2D eigenvalue weighted by Gasteiger charge is 2.02. The van der Waals surface area contributed by atoms with Gasteiger partial charge in [0.25, 0.3) is 5.56 Å². The Morgan fingerprint density at radius 2 is 2.50 bits per heavy atom. The number of H-pyrrole nitrogens is 1. The van der Waals surface area contributed by atoms with Crippen molar-refractivity contribution in [2.75, 3.05) is 0 Å². The summed E-state index contributed by atoms with van der Waals surface area (Å²) < 4.78 is 12.4. The van der Waals surface area contributed by atoms with Gasteiger partial charge in [-0.2, -0.15) is 0 Å². The van der Waals surface area contributed by atoms with E-state index >= 15 is 0 Å². The van der Waals surface area contributed by atoms with E-state index in [1.54, 1.807) is 0 Å². The highest BCUT2D eigenvalue weighted by molar-refractivity contribution is 5.00. The van der Waals surface area contributed by atoms with E-state index in [-0.39, 0.29) is 11.3 Å². The van der Waals surface area contributed by atoms with Crippen molar-refractivity contribution in [3.63, 3.8) is 0 Å². The molecule has 0 fully saturated rings. The summed E-state index contributed by atoms with van der Waals surface area (Å²) in [5.74, 6) is 0. The van der Waals surface area contributed by atoms with Crippen molar-refractivity contribution in [3.05, 3.63) is 28.4 Å². The monoisotopic (exact) mass is 142 g/mol. The third-order valence-electron chi connectivity index (χ3n) is 1.11. The van der Waals surface area contributed by atoms with E-state index in [0.717, 1.165) is 6.07 Å². The van der Waals surface area contributed by atoms with Crippen LogP contribution in [0.25, 0.3) is 0 Å². The lowest BCUT2D eigenvalue weighted by Crippen LogP contribution is -2.06. The van der Waals surface area contributed by atoms with Gasteiger partial charge in [-0.1, -0.05) is 0 Å². The third-order valence-corrected chi connectivity index (χ3v) is 1.11. The van der Waals surface area contributed by atoms with E-state index in [1.165, 1.54) is 13.3 Å². The molecule has 1 aromatic rings. The summed E-state index contributed by atoms with van der Waals surface area (Å²) in [5.41, 5.74) is -0.154. The molecule has 1 rings (SSSR count). The number of aromatic amines is 1. The SMILES string of the molecule is C[C@@H](F)c1cc(=O)[nH]cn1. The maximum absolute atomic E-state index is 12.4. The van der Waals surface area contributed by atoms with E-state index in [1.807, 2.05) is 0 Å². The van der Waals surface area contributed by atoms with Crippen LogP contribution in [-0.4, -0.2) is 9.97 Å². The Labute approximate surface area is 56.9 Å². The van der Waals surface area contributed by atoms with Gasteiger partial charge in [0.1, 0.15) is 6.17 Å². The zero-order valence-electron chi connectivity index (χ0n) is 5.47. The van der Waals surface area contributed by atoms with Crippen LogP contribution in [0.5, 0.6) is 0 Å². The molecule has 0 aromatic carbocycles. The summed E-state index contributed by atoms with van der Waals surface area (Å²) in [6, 6.07) is 1.14. The molecule has 1 heterocycles. The van der Waals surface area contributed by atoms with E-state index in [4.69, 9.17) is 0 Å². The van der Waals surface area contributed by atoms with E-state index in [0.29, 0.717) is 0 Å². The first kappa shape index (κ1) is 6.92. The molecule has 0 saturated heterocycles. The van der Waals surface area contributed by atoms with Gasteiger partial charge < -0.3 is 4.98 Å². The number of nitrogens with one attached hydrogen (secondary N) is 1. The van der Waals surface area contributed by atoms with Crippen LogP contribution in [0.1, 0.15) is 18.8 Å². The quantitative estimate of drug-likeness (QED) is 0.630. The Bertz CT molecular complexity index is 268.